The summed E-state index contributed by atoms with van der Waals surface area (Å²) in [6, 6.07) is 8.35. The third-order valence-electron chi connectivity index (χ3n) is 5.43. The number of para-hydroxylation sites is 1. The molecule has 3 fully saturated rings. The maximum absolute atomic E-state index is 6.46. The van der Waals surface area contributed by atoms with Gasteiger partial charge in [-0.05, 0) is 32.0 Å². The molecule has 1 unspecified atom stereocenters. The fraction of sp³-hybridized carbons (Fsp3) is 0.471. The lowest BCUT2D eigenvalue weighted by Crippen LogP contribution is -2.60. The Morgan fingerprint density at radius 3 is 2.82 bits per heavy atom. The Bertz CT molecular complexity index is 732. The Hall–Kier alpha value is -1.75. The molecule has 5 heteroatoms. The number of rotatable bonds is 1. The molecule has 2 bridgehead atoms. The normalized spacial score (nSPS) is 32.8. The number of aliphatic imine (C=N–C) groups is 1. The van der Waals surface area contributed by atoms with E-state index in [1.807, 2.05) is 6.20 Å². The van der Waals surface area contributed by atoms with Gasteiger partial charge in [-0.2, -0.15) is 0 Å². The summed E-state index contributed by atoms with van der Waals surface area (Å²) >= 11 is 0. The van der Waals surface area contributed by atoms with E-state index >= 15 is 0 Å². The van der Waals surface area contributed by atoms with Crippen molar-refractivity contribution in [2.75, 3.05) is 26.2 Å². The van der Waals surface area contributed by atoms with E-state index < -0.39 is 0 Å². The fourth-order valence-corrected chi connectivity index (χ4v) is 4.27. The smallest absolute Gasteiger partial charge is 0.219 e. The van der Waals surface area contributed by atoms with Gasteiger partial charge in [-0.15, -0.1) is 0 Å². The summed E-state index contributed by atoms with van der Waals surface area (Å²) in [5.74, 6) is 1.51. The minimum absolute atomic E-state index is 0. The molecule has 4 aliphatic heterocycles. The predicted octanol–water partition coefficient (Wildman–Crippen LogP) is 1.23. The van der Waals surface area contributed by atoms with Gasteiger partial charge < -0.3 is 9.72 Å². The highest BCUT2D eigenvalue weighted by Gasteiger charge is 2.51. The van der Waals surface area contributed by atoms with Crippen molar-refractivity contribution in [1.29, 1.82) is 0 Å². The molecule has 6 rings (SSSR count). The fourth-order valence-electron chi connectivity index (χ4n) is 4.27. The summed E-state index contributed by atoms with van der Waals surface area (Å²) in [5, 5.41) is 1.20. The Kier molecular flexibility index (Phi) is 3.08. The zero-order valence-corrected chi connectivity index (χ0v) is 12.0. The van der Waals surface area contributed by atoms with E-state index in [9.17, 15) is 0 Å². The molecule has 114 valence electrons. The van der Waals surface area contributed by atoms with Crippen molar-refractivity contribution in [2.45, 2.75) is 18.4 Å². The van der Waals surface area contributed by atoms with Crippen LogP contribution in [0.4, 0.5) is 0 Å². The summed E-state index contributed by atoms with van der Waals surface area (Å²) in [5.41, 5.74) is 2.21. The Balaban J connectivity index is 0.00000125. The summed E-state index contributed by atoms with van der Waals surface area (Å²) in [6.07, 6.45) is 4.55. The second kappa shape index (κ2) is 4.88. The van der Waals surface area contributed by atoms with E-state index in [-0.39, 0.29) is 14.0 Å². The number of nitrogens with one attached hydrogen (secondary N) is 1. The molecule has 1 N–H and O–H groups in total. The highest BCUT2D eigenvalue weighted by atomic mass is 16.5. The zero-order chi connectivity index (χ0) is 13.9. The molecule has 0 saturated carbocycles. The molecule has 1 aromatic heterocycles. The number of piperidine rings is 3. The van der Waals surface area contributed by atoms with Crippen LogP contribution in [0.5, 0.6) is 0 Å². The van der Waals surface area contributed by atoms with Crippen molar-refractivity contribution in [3.8, 4) is 0 Å². The van der Waals surface area contributed by atoms with Crippen LogP contribution in [-0.4, -0.2) is 56.0 Å². The molecule has 22 heavy (non-hydrogen) atoms. The third kappa shape index (κ3) is 1.85. The van der Waals surface area contributed by atoms with Crippen molar-refractivity contribution >= 4 is 25.2 Å². The molecule has 0 radical (unpaired) electrons. The summed E-state index contributed by atoms with van der Waals surface area (Å²) < 4.78 is 6.46. The van der Waals surface area contributed by atoms with E-state index in [2.05, 4.69) is 34.1 Å². The van der Waals surface area contributed by atoms with Crippen LogP contribution in [0.2, 0.25) is 0 Å². The zero-order valence-electron chi connectivity index (χ0n) is 12.0. The van der Waals surface area contributed by atoms with E-state index in [0.717, 1.165) is 30.1 Å². The van der Waals surface area contributed by atoms with Crippen molar-refractivity contribution in [3.05, 3.63) is 36.0 Å². The maximum atomic E-state index is 6.46. The highest BCUT2D eigenvalue weighted by molar-refractivity contribution is 6.07. The molecule has 3 saturated heterocycles. The molecule has 0 amide bonds. The summed E-state index contributed by atoms with van der Waals surface area (Å²) in [4.78, 5) is 10.6. The number of H-pyrrole nitrogens is 1. The van der Waals surface area contributed by atoms with E-state index in [1.165, 1.54) is 31.3 Å². The predicted molar refractivity (Wildman–Crippen MR) is 92.6 cm³/mol. The third-order valence-corrected chi connectivity index (χ3v) is 5.43. The van der Waals surface area contributed by atoms with Gasteiger partial charge in [0.15, 0.2) is 0 Å². The van der Waals surface area contributed by atoms with Gasteiger partial charge in [-0.1, -0.05) is 18.2 Å². The topological polar surface area (TPSA) is 40.6 Å². The van der Waals surface area contributed by atoms with E-state index in [1.54, 1.807) is 0 Å². The molecule has 1 atom stereocenters. The number of ether oxygens (including phenoxy) is 1. The SMILES string of the molecule is B.c1ccc2c(C3=NCC4(CN5CCC4CC5)O3)c[nH]c2c1. The van der Waals surface area contributed by atoms with Crippen LogP contribution in [0.3, 0.4) is 0 Å². The van der Waals surface area contributed by atoms with Gasteiger partial charge >= 0.3 is 0 Å². The monoisotopic (exact) mass is 295 g/mol. The molecule has 1 aromatic carbocycles. The molecule has 0 aliphatic carbocycles. The van der Waals surface area contributed by atoms with Crippen molar-refractivity contribution < 1.29 is 4.74 Å². The van der Waals surface area contributed by atoms with Crippen molar-refractivity contribution in [3.63, 3.8) is 0 Å². The largest absolute Gasteiger partial charge is 0.467 e. The highest BCUT2D eigenvalue weighted by Crippen LogP contribution is 2.42. The maximum Gasteiger partial charge on any atom is 0.219 e. The van der Waals surface area contributed by atoms with Gasteiger partial charge in [0.05, 0.1) is 20.5 Å². The van der Waals surface area contributed by atoms with Gasteiger partial charge in [-0.25, -0.2) is 4.99 Å². The van der Waals surface area contributed by atoms with Crippen LogP contribution in [0, 0.1) is 5.92 Å². The Morgan fingerprint density at radius 1 is 1.23 bits per heavy atom. The number of hydrogen-bond donors (Lipinski definition) is 1. The lowest BCUT2D eigenvalue weighted by molar-refractivity contribution is -0.0825. The minimum atomic E-state index is -0.0514. The molecular formula is C17H22BN3O. The van der Waals surface area contributed by atoms with E-state index in [0.29, 0.717) is 5.92 Å². The molecule has 2 aromatic rings. The molecule has 4 aliphatic rings. The van der Waals surface area contributed by atoms with Gasteiger partial charge in [0.1, 0.15) is 5.60 Å². The first-order valence-corrected chi connectivity index (χ1v) is 7.86. The standard InChI is InChI=1S/C17H19N3O.BH3/c1-2-4-15-13(3-1)14(9-18-15)16-19-10-17(21-16)11-20-7-5-12(17)6-8-20;/h1-4,9,12,18H,5-8,10-11H2;1H3. The van der Waals surface area contributed by atoms with Gasteiger partial charge in [0.2, 0.25) is 5.90 Å². The van der Waals surface area contributed by atoms with Crippen LogP contribution in [0.1, 0.15) is 18.4 Å². The Labute approximate surface area is 132 Å². The average Bonchev–Trinajstić information content (AvgIpc) is 3.13. The lowest BCUT2D eigenvalue weighted by atomic mass is 9.75. The van der Waals surface area contributed by atoms with Crippen LogP contribution < -0.4 is 0 Å². The molecular weight excluding hydrogens is 273 g/mol. The number of aromatic nitrogens is 1. The number of nitrogens with zero attached hydrogens (tertiary/aromatic N) is 2. The number of fused-ring (bicyclic) bond motifs is 3. The van der Waals surface area contributed by atoms with Crippen molar-refractivity contribution in [2.24, 2.45) is 10.9 Å². The quantitative estimate of drug-likeness (QED) is 0.804. The van der Waals surface area contributed by atoms with E-state index in [4.69, 9.17) is 9.73 Å². The van der Waals surface area contributed by atoms with Gasteiger partial charge in [-0.3, -0.25) is 4.90 Å². The summed E-state index contributed by atoms with van der Waals surface area (Å²) in [6.45, 7) is 4.34. The second-order valence-corrected chi connectivity index (χ2v) is 6.59. The molecule has 5 heterocycles. The number of benzene rings is 1. The average molecular weight is 295 g/mol. The molecule has 4 nitrogen and oxygen atoms in total. The number of aromatic amines is 1. The van der Waals surface area contributed by atoms with Crippen LogP contribution in [-0.2, 0) is 4.74 Å². The first-order chi connectivity index (χ1) is 10.3. The van der Waals surface area contributed by atoms with Crippen LogP contribution in [0.25, 0.3) is 10.9 Å². The van der Waals surface area contributed by atoms with Crippen LogP contribution in [0.15, 0.2) is 35.5 Å². The second-order valence-electron chi connectivity index (χ2n) is 6.59. The molecule has 1 spiro atoms. The summed E-state index contributed by atoms with van der Waals surface area (Å²) in [7, 11) is 0. The first-order valence-electron chi connectivity index (χ1n) is 7.86. The minimum Gasteiger partial charge on any atom is -0.467 e. The van der Waals surface area contributed by atoms with Gasteiger partial charge in [0, 0.05) is 29.6 Å². The lowest BCUT2D eigenvalue weighted by Gasteiger charge is -2.50. The van der Waals surface area contributed by atoms with Crippen molar-refractivity contribution in [1.82, 2.24) is 9.88 Å². The van der Waals surface area contributed by atoms with Crippen LogP contribution >= 0.6 is 0 Å². The first kappa shape index (κ1) is 13.9. The van der Waals surface area contributed by atoms with Gasteiger partial charge in [0.25, 0.3) is 0 Å². The Morgan fingerprint density at radius 2 is 2.05 bits per heavy atom. The number of hydrogen-bond acceptors (Lipinski definition) is 3.